The lowest BCUT2D eigenvalue weighted by Crippen LogP contribution is -2.35. The Bertz CT molecular complexity index is 565. The van der Waals surface area contributed by atoms with Crippen LogP contribution in [0.5, 0.6) is 0 Å². The highest BCUT2D eigenvalue weighted by atomic mass is 16.5. The number of rotatable bonds is 30. The number of unbranched alkanes of at least 4 members (excludes halogenated alkanes) is 18. The lowest BCUT2D eigenvalue weighted by molar-refractivity contribution is -0.146. The molecule has 0 spiro atoms. The number of aliphatic hydroxyl groups is 1. The lowest BCUT2D eigenvalue weighted by Gasteiger charge is -2.12. The van der Waals surface area contributed by atoms with Crippen molar-refractivity contribution in [1.29, 1.82) is 0 Å². The van der Waals surface area contributed by atoms with Crippen LogP contribution < -0.4 is 5.32 Å². The molecule has 0 aromatic rings. The van der Waals surface area contributed by atoms with E-state index in [9.17, 15) is 14.7 Å². The van der Waals surface area contributed by atoms with Crippen molar-refractivity contribution in [2.75, 3.05) is 13.2 Å². The Hall–Kier alpha value is -1.62. The average molecular weight is 564 g/mol. The fourth-order valence-electron chi connectivity index (χ4n) is 4.63. The molecule has 0 aromatic carbocycles. The number of hydrogen-bond acceptors (Lipinski definition) is 4. The lowest BCUT2D eigenvalue weighted by atomic mass is 10.1. The third-order valence-corrected chi connectivity index (χ3v) is 7.28. The van der Waals surface area contributed by atoms with Gasteiger partial charge < -0.3 is 15.2 Å². The van der Waals surface area contributed by atoms with E-state index in [-0.39, 0.29) is 25.0 Å². The van der Waals surface area contributed by atoms with Gasteiger partial charge in [0.2, 0.25) is 5.91 Å². The summed E-state index contributed by atoms with van der Waals surface area (Å²) in [6.07, 6.45) is 35.6. The molecule has 1 unspecified atom stereocenters. The van der Waals surface area contributed by atoms with Gasteiger partial charge >= 0.3 is 5.97 Å². The summed E-state index contributed by atoms with van der Waals surface area (Å²) >= 11 is 0. The summed E-state index contributed by atoms with van der Waals surface area (Å²) in [6.45, 7) is 4.56. The van der Waals surface area contributed by atoms with Crippen LogP contribution in [-0.2, 0) is 14.3 Å². The first-order chi connectivity index (χ1) is 19.6. The van der Waals surface area contributed by atoms with Crippen molar-refractivity contribution in [2.24, 2.45) is 0 Å². The molecule has 0 fully saturated rings. The highest BCUT2D eigenvalue weighted by Crippen LogP contribution is 2.11. The van der Waals surface area contributed by atoms with Crippen LogP contribution in [0.25, 0.3) is 0 Å². The van der Waals surface area contributed by atoms with E-state index >= 15 is 0 Å². The fraction of sp³-hybridized carbons (Fsp3) is 0.829. The molecule has 0 aliphatic heterocycles. The smallest absolute Gasteiger partial charge is 0.305 e. The highest BCUT2D eigenvalue weighted by Gasteiger charge is 2.10. The molecule has 40 heavy (non-hydrogen) atoms. The van der Waals surface area contributed by atoms with Crippen LogP contribution in [0.1, 0.15) is 168 Å². The van der Waals surface area contributed by atoms with Gasteiger partial charge in [-0.2, -0.15) is 0 Å². The molecule has 0 saturated heterocycles. The van der Waals surface area contributed by atoms with Gasteiger partial charge in [0, 0.05) is 19.4 Å². The normalized spacial score (nSPS) is 12.4. The molecular weight excluding hydrogens is 498 g/mol. The zero-order valence-corrected chi connectivity index (χ0v) is 26.4. The predicted octanol–water partition coefficient (Wildman–Crippen LogP) is 9.52. The van der Waals surface area contributed by atoms with Gasteiger partial charge in [-0.05, 0) is 64.2 Å². The minimum absolute atomic E-state index is 0.0427. The van der Waals surface area contributed by atoms with E-state index in [0.717, 1.165) is 51.4 Å². The number of aliphatic hydroxyl groups excluding tert-OH is 1. The summed E-state index contributed by atoms with van der Waals surface area (Å²) in [5.41, 5.74) is 0. The Morgan fingerprint density at radius 3 is 1.48 bits per heavy atom. The molecule has 0 radical (unpaired) electrons. The molecule has 2 N–H and O–H groups in total. The van der Waals surface area contributed by atoms with Crippen LogP contribution in [-0.4, -0.2) is 36.2 Å². The first-order valence-corrected chi connectivity index (χ1v) is 17.0. The first-order valence-electron chi connectivity index (χ1n) is 17.0. The monoisotopic (exact) mass is 563 g/mol. The zero-order chi connectivity index (χ0) is 29.4. The third kappa shape index (κ3) is 30.9. The molecule has 5 nitrogen and oxygen atoms in total. The summed E-state index contributed by atoms with van der Waals surface area (Å²) in [5, 5.41) is 12.8. The van der Waals surface area contributed by atoms with Gasteiger partial charge in [-0.25, -0.2) is 0 Å². The molecule has 0 bridgehead atoms. The van der Waals surface area contributed by atoms with Gasteiger partial charge in [-0.3, -0.25) is 9.59 Å². The van der Waals surface area contributed by atoms with Gasteiger partial charge in [0.25, 0.3) is 0 Å². The van der Waals surface area contributed by atoms with Gasteiger partial charge in [0.1, 0.15) is 12.7 Å². The van der Waals surface area contributed by atoms with Gasteiger partial charge in [0.15, 0.2) is 0 Å². The van der Waals surface area contributed by atoms with Crippen LogP contribution in [0.2, 0.25) is 0 Å². The predicted molar refractivity (Wildman–Crippen MR) is 170 cm³/mol. The summed E-state index contributed by atoms with van der Waals surface area (Å²) < 4.78 is 5.17. The fourth-order valence-corrected chi connectivity index (χ4v) is 4.63. The Labute approximate surface area is 248 Å². The number of amides is 1. The molecule has 0 aliphatic carbocycles. The van der Waals surface area contributed by atoms with Gasteiger partial charge in [-0.1, -0.05) is 115 Å². The van der Waals surface area contributed by atoms with E-state index in [1.54, 1.807) is 0 Å². The minimum Gasteiger partial charge on any atom is -0.463 e. The summed E-state index contributed by atoms with van der Waals surface area (Å²) in [4.78, 5) is 23.9. The standard InChI is InChI=1S/C35H65NO4/c1-3-5-7-9-11-13-15-17-19-21-23-25-27-29-34(38)36-31-33(37)32-40-35(39)30-28-26-24-22-20-18-16-14-12-10-8-6-4-2/h13-16,33,37H,3-12,17-32H2,1-2H3,(H,36,38)/b15-13-,16-14-. The molecular formula is C35H65NO4. The van der Waals surface area contributed by atoms with Crippen molar-refractivity contribution in [3.05, 3.63) is 24.3 Å². The quantitative estimate of drug-likeness (QED) is 0.0518. The number of ether oxygens (including phenoxy) is 1. The number of esters is 1. The topological polar surface area (TPSA) is 75.6 Å². The van der Waals surface area contributed by atoms with E-state index in [0.29, 0.717) is 12.8 Å². The average Bonchev–Trinajstić information content (AvgIpc) is 2.95. The second-order valence-electron chi connectivity index (χ2n) is 11.4. The van der Waals surface area contributed by atoms with Crippen molar-refractivity contribution < 1.29 is 19.4 Å². The van der Waals surface area contributed by atoms with Crippen LogP contribution in [0.15, 0.2) is 24.3 Å². The SMILES string of the molecule is CCCCCC/C=C\CCCCCCCC(=O)NCC(O)COC(=O)CCCCCCC/C=C\CCCCCC. The van der Waals surface area contributed by atoms with Crippen LogP contribution in [0.3, 0.4) is 0 Å². The maximum atomic E-state index is 12.0. The van der Waals surface area contributed by atoms with E-state index < -0.39 is 6.10 Å². The molecule has 0 aromatic heterocycles. The summed E-state index contributed by atoms with van der Waals surface area (Å²) in [6, 6.07) is 0. The summed E-state index contributed by atoms with van der Waals surface area (Å²) in [5.74, 6) is -0.308. The van der Waals surface area contributed by atoms with Crippen molar-refractivity contribution in [1.82, 2.24) is 5.32 Å². The molecule has 0 aliphatic rings. The van der Waals surface area contributed by atoms with E-state index in [4.69, 9.17) is 4.74 Å². The molecule has 0 saturated carbocycles. The molecule has 1 amide bonds. The van der Waals surface area contributed by atoms with E-state index in [1.807, 2.05) is 0 Å². The second kappa shape index (κ2) is 31.9. The maximum absolute atomic E-state index is 12.0. The van der Waals surface area contributed by atoms with E-state index in [1.165, 1.54) is 89.9 Å². The summed E-state index contributed by atoms with van der Waals surface area (Å²) in [7, 11) is 0. The Morgan fingerprint density at radius 2 is 1.00 bits per heavy atom. The van der Waals surface area contributed by atoms with E-state index in [2.05, 4.69) is 43.5 Å². The zero-order valence-electron chi connectivity index (χ0n) is 26.4. The first kappa shape index (κ1) is 38.4. The molecule has 5 heteroatoms. The largest absolute Gasteiger partial charge is 0.463 e. The Balaban J connectivity index is 3.47. The highest BCUT2D eigenvalue weighted by molar-refractivity contribution is 5.75. The Morgan fingerprint density at radius 1 is 0.600 bits per heavy atom. The minimum atomic E-state index is -0.854. The number of carbonyl (C=O) groups is 2. The van der Waals surface area contributed by atoms with Crippen molar-refractivity contribution in [2.45, 2.75) is 174 Å². The van der Waals surface area contributed by atoms with Crippen molar-refractivity contribution in [3.8, 4) is 0 Å². The molecule has 0 heterocycles. The van der Waals surface area contributed by atoms with Gasteiger partial charge in [-0.15, -0.1) is 0 Å². The van der Waals surface area contributed by atoms with Crippen LogP contribution in [0, 0.1) is 0 Å². The number of nitrogens with one attached hydrogen (secondary N) is 1. The van der Waals surface area contributed by atoms with Crippen LogP contribution >= 0.6 is 0 Å². The molecule has 1 atom stereocenters. The number of hydrogen-bond donors (Lipinski definition) is 2. The van der Waals surface area contributed by atoms with Crippen molar-refractivity contribution >= 4 is 11.9 Å². The molecule has 234 valence electrons. The van der Waals surface area contributed by atoms with Gasteiger partial charge in [0.05, 0.1) is 0 Å². The number of allylic oxidation sites excluding steroid dienone is 4. The molecule has 0 rings (SSSR count). The second-order valence-corrected chi connectivity index (χ2v) is 11.4. The maximum Gasteiger partial charge on any atom is 0.305 e. The van der Waals surface area contributed by atoms with Crippen LogP contribution in [0.4, 0.5) is 0 Å². The third-order valence-electron chi connectivity index (χ3n) is 7.28. The Kier molecular flexibility index (Phi) is 30.6. The number of carbonyl (C=O) groups excluding carboxylic acids is 2. The van der Waals surface area contributed by atoms with Crippen molar-refractivity contribution in [3.63, 3.8) is 0 Å².